The first-order valence-corrected chi connectivity index (χ1v) is 17.6. The highest BCUT2D eigenvalue weighted by Gasteiger charge is 2.51. The van der Waals surface area contributed by atoms with Gasteiger partial charge in [0.1, 0.15) is 17.2 Å². The number of rotatable bonds is 3. The Hall–Kier alpha value is -6.91. The minimum absolute atomic E-state index is 0.518. The zero-order valence-corrected chi connectivity index (χ0v) is 28.0. The van der Waals surface area contributed by atoms with E-state index in [9.17, 15) is 0 Å². The zero-order valence-electron chi connectivity index (χ0n) is 28.0. The van der Waals surface area contributed by atoms with Gasteiger partial charge in [-0.2, -0.15) is 0 Å². The van der Waals surface area contributed by atoms with Gasteiger partial charge in [-0.15, -0.1) is 0 Å². The van der Waals surface area contributed by atoms with E-state index < -0.39 is 5.41 Å². The molecule has 7 aromatic carbocycles. The molecule has 1 spiro atoms. The topological polar surface area (TPSA) is 47.9 Å². The molecule has 0 atom stereocenters. The first kappa shape index (κ1) is 28.9. The monoisotopic (exact) mass is 663 g/mol. The smallest absolute Gasteiger partial charge is 0.179 e. The van der Waals surface area contributed by atoms with Crippen molar-refractivity contribution in [2.24, 2.45) is 0 Å². The number of pyridine rings is 1. The number of fused-ring (bicyclic) bond motifs is 12. The maximum Gasteiger partial charge on any atom is 0.179 e. The van der Waals surface area contributed by atoms with Crippen LogP contribution in [0.5, 0.6) is 11.5 Å². The minimum Gasteiger partial charge on any atom is -0.457 e. The summed E-state index contributed by atoms with van der Waals surface area (Å²) in [6.45, 7) is 0. The summed E-state index contributed by atoms with van der Waals surface area (Å²) in [7, 11) is 0. The van der Waals surface area contributed by atoms with Gasteiger partial charge in [-0.05, 0) is 57.5 Å². The molecule has 1 aliphatic carbocycles. The van der Waals surface area contributed by atoms with Gasteiger partial charge in [-0.1, -0.05) is 146 Å². The number of hydrogen-bond acceptors (Lipinski definition) is 4. The Bertz CT molecular complexity index is 2830. The second-order valence-electron chi connectivity index (χ2n) is 13.5. The van der Waals surface area contributed by atoms with Crippen LogP contribution in [-0.2, 0) is 5.41 Å². The Morgan fingerprint density at radius 1 is 0.442 bits per heavy atom. The van der Waals surface area contributed by atoms with Gasteiger partial charge < -0.3 is 4.74 Å². The Balaban J connectivity index is 1.10. The summed E-state index contributed by atoms with van der Waals surface area (Å²) in [5.74, 6) is 2.38. The van der Waals surface area contributed by atoms with Crippen molar-refractivity contribution in [3.05, 3.63) is 198 Å². The quantitative estimate of drug-likeness (QED) is 0.177. The van der Waals surface area contributed by atoms with Crippen LogP contribution in [-0.4, -0.2) is 15.0 Å². The molecule has 4 heteroatoms. The van der Waals surface area contributed by atoms with Crippen LogP contribution in [0.3, 0.4) is 0 Å². The van der Waals surface area contributed by atoms with E-state index in [1.807, 2.05) is 12.3 Å². The second-order valence-corrected chi connectivity index (χ2v) is 13.5. The standard InChI is InChI=1S/C48H29N3O/c1-2-14-31(15-3-1)45-36-27-25-30-13-4-5-16-34(30)46(36)51-47(50-45)41-28-26-32(29-49-41)33-18-12-22-40-44(33)35-17-6-7-19-37(35)48(40)38-20-8-10-23-42(38)52-43-24-11-9-21-39(43)48/h1-29H. The largest absolute Gasteiger partial charge is 0.457 e. The molecule has 0 amide bonds. The van der Waals surface area contributed by atoms with Crippen molar-refractivity contribution in [2.75, 3.05) is 0 Å². The third-order valence-corrected chi connectivity index (χ3v) is 10.8. The highest BCUT2D eigenvalue weighted by atomic mass is 16.5. The maximum atomic E-state index is 6.53. The van der Waals surface area contributed by atoms with E-state index in [-0.39, 0.29) is 0 Å². The molecule has 52 heavy (non-hydrogen) atoms. The molecule has 0 bridgehead atoms. The Kier molecular flexibility index (Phi) is 6.13. The number of ether oxygens (including phenoxy) is 1. The van der Waals surface area contributed by atoms with Crippen LogP contribution in [0.2, 0.25) is 0 Å². The van der Waals surface area contributed by atoms with E-state index in [1.165, 1.54) is 22.3 Å². The van der Waals surface area contributed by atoms with Crippen LogP contribution in [0.25, 0.3) is 66.7 Å². The summed E-state index contributed by atoms with van der Waals surface area (Å²) in [4.78, 5) is 15.4. The third kappa shape index (κ3) is 4.00. The van der Waals surface area contributed by atoms with E-state index in [2.05, 4.69) is 164 Å². The minimum atomic E-state index is -0.518. The molecule has 11 rings (SSSR count). The summed E-state index contributed by atoms with van der Waals surface area (Å²) in [6.07, 6.45) is 1.98. The van der Waals surface area contributed by atoms with Gasteiger partial charge in [0.25, 0.3) is 0 Å². The van der Waals surface area contributed by atoms with Gasteiger partial charge >= 0.3 is 0 Å². The molecule has 3 heterocycles. The molecule has 2 aromatic heterocycles. The van der Waals surface area contributed by atoms with Crippen molar-refractivity contribution >= 4 is 21.7 Å². The molecule has 0 unspecified atom stereocenters. The van der Waals surface area contributed by atoms with Crippen LogP contribution in [0, 0.1) is 0 Å². The van der Waals surface area contributed by atoms with Gasteiger partial charge in [0.2, 0.25) is 0 Å². The molecule has 4 nitrogen and oxygen atoms in total. The van der Waals surface area contributed by atoms with Gasteiger partial charge in [0.15, 0.2) is 5.82 Å². The second kappa shape index (κ2) is 11.0. The lowest BCUT2D eigenvalue weighted by molar-refractivity contribution is 0.436. The maximum absolute atomic E-state index is 6.53. The lowest BCUT2D eigenvalue weighted by Crippen LogP contribution is -2.32. The van der Waals surface area contributed by atoms with Gasteiger partial charge in [0.05, 0.1) is 16.6 Å². The predicted molar refractivity (Wildman–Crippen MR) is 209 cm³/mol. The van der Waals surface area contributed by atoms with E-state index in [1.54, 1.807) is 0 Å². The third-order valence-electron chi connectivity index (χ3n) is 10.8. The summed E-state index contributed by atoms with van der Waals surface area (Å²) < 4.78 is 6.53. The molecule has 0 saturated carbocycles. The Morgan fingerprint density at radius 3 is 1.90 bits per heavy atom. The zero-order chi connectivity index (χ0) is 34.2. The van der Waals surface area contributed by atoms with Gasteiger partial charge in [0, 0.05) is 39.2 Å². The molecule has 0 radical (unpaired) electrons. The molecule has 2 aliphatic rings. The fourth-order valence-corrected chi connectivity index (χ4v) is 8.62. The number of benzene rings is 7. The van der Waals surface area contributed by atoms with Crippen molar-refractivity contribution in [1.82, 2.24) is 15.0 Å². The molecule has 242 valence electrons. The molecule has 9 aromatic rings. The van der Waals surface area contributed by atoms with Crippen molar-refractivity contribution < 1.29 is 4.74 Å². The molecule has 0 N–H and O–H groups in total. The molecule has 0 saturated heterocycles. The SMILES string of the molecule is c1ccc(-c2nc(-c3ccc(-c4cccc5c4-c4ccccc4C54c5ccccc5Oc5ccccc54)cn3)nc3c2ccc2ccccc23)cc1. The molecular weight excluding hydrogens is 635 g/mol. The number of hydrogen-bond donors (Lipinski definition) is 0. The van der Waals surface area contributed by atoms with Gasteiger partial charge in [-0.25, -0.2) is 9.97 Å². The van der Waals surface area contributed by atoms with E-state index in [0.29, 0.717) is 5.82 Å². The van der Waals surface area contributed by atoms with E-state index in [0.717, 1.165) is 72.4 Å². The lowest BCUT2D eigenvalue weighted by atomic mass is 9.66. The van der Waals surface area contributed by atoms with Crippen molar-refractivity contribution in [3.63, 3.8) is 0 Å². The predicted octanol–water partition coefficient (Wildman–Crippen LogP) is 11.6. The average molecular weight is 664 g/mol. The van der Waals surface area contributed by atoms with Crippen molar-refractivity contribution in [3.8, 4) is 56.5 Å². The average Bonchev–Trinajstić information content (AvgIpc) is 3.51. The van der Waals surface area contributed by atoms with Crippen molar-refractivity contribution in [2.45, 2.75) is 5.41 Å². The van der Waals surface area contributed by atoms with Crippen LogP contribution in [0.4, 0.5) is 0 Å². The first-order valence-electron chi connectivity index (χ1n) is 17.6. The summed E-state index contributed by atoms with van der Waals surface area (Å²) in [6, 6.07) is 59.7. The molecule has 1 aliphatic heterocycles. The Labute approximate surface area is 300 Å². The van der Waals surface area contributed by atoms with Crippen LogP contribution in [0.15, 0.2) is 176 Å². The fraction of sp³-hybridized carbons (Fsp3) is 0.0208. The van der Waals surface area contributed by atoms with Crippen LogP contribution < -0.4 is 4.74 Å². The van der Waals surface area contributed by atoms with Crippen LogP contribution in [0.1, 0.15) is 22.3 Å². The lowest BCUT2D eigenvalue weighted by Gasteiger charge is -2.39. The van der Waals surface area contributed by atoms with Gasteiger partial charge in [-0.3, -0.25) is 4.98 Å². The Morgan fingerprint density at radius 2 is 1.12 bits per heavy atom. The normalized spacial score (nSPS) is 13.3. The number of nitrogens with zero attached hydrogens (tertiary/aromatic N) is 3. The summed E-state index contributed by atoms with van der Waals surface area (Å²) in [5.41, 5.74) is 12.5. The fourth-order valence-electron chi connectivity index (χ4n) is 8.62. The summed E-state index contributed by atoms with van der Waals surface area (Å²) in [5, 5.41) is 3.27. The summed E-state index contributed by atoms with van der Waals surface area (Å²) >= 11 is 0. The highest BCUT2D eigenvalue weighted by molar-refractivity contribution is 6.09. The van der Waals surface area contributed by atoms with Crippen LogP contribution >= 0.6 is 0 Å². The highest BCUT2D eigenvalue weighted by Crippen LogP contribution is 2.63. The van der Waals surface area contributed by atoms with Crippen molar-refractivity contribution in [1.29, 1.82) is 0 Å². The number of para-hydroxylation sites is 2. The van der Waals surface area contributed by atoms with E-state index in [4.69, 9.17) is 19.7 Å². The van der Waals surface area contributed by atoms with E-state index >= 15 is 0 Å². The molecular formula is C48H29N3O. The number of aromatic nitrogens is 3. The first-order chi connectivity index (χ1) is 25.8. The molecule has 0 fully saturated rings.